The van der Waals surface area contributed by atoms with Gasteiger partial charge in [-0.2, -0.15) is 0 Å². The molecule has 2 rings (SSSR count). The molecule has 1 aliphatic heterocycles. The van der Waals surface area contributed by atoms with Crippen LogP contribution < -0.4 is 10.2 Å². The van der Waals surface area contributed by atoms with Crippen molar-refractivity contribution in [1.82, 2.24) is 15.3 Å². The molecule has 0 bridgehead atoms. The lowest BCUT2D eigenvalue weighted by Gasteiger charge is -2.41. The maximum Gasteiger partial charge on any atom is 0.225 e. The van der Waals surface area contributed by atoms with Crippen LogP contribution in [-0.4, -0.2) is 35.0 Å². The molecule has 1 N–H and O–H groups in total. The smallest absolute Gasteiger partial charge is 0.225 e. The van der Waals surface area contributed by atoms with Crippen molar-refractivity contribution in [3.05, 3.63) is 18.1 Å². The van der Waals surface area contributed by atoms with Gasteiger partial charge in [0.2, 0.25) is 5.91 Å². The topological polar surface area (TPSA) is 58.1 Å². The van der Waals surface area contributed by atoms with Crippen molar-refractivity contribution in [3.63, 3.8) is 0 Å². The van der Waals surface area contributed by atoms with Crippen LogP contribution in [0.5, 0.6) is 0 Å². The van der Waals surface area contributed by atoms with Crippen LogP contribution in [0.1, 0.15) is 47.4 Å². The van der Waals surface area contributed by atoms with Crippen molar-refractivity contribution in [3.8, 4) is 0 Å². The van der Waals surface area contributed by atoms with Crippen LogP contribution in [0.2, 0.25) is 0 Å². The van der Waals surface area contributed by atoms with E-state index >= 15 is 0 Å². The minimum Gasteiger partial charge on any atom is -0.352 e. The van der Waals surface area contributed by atoms with E-state index in [-0.39, 0.29) is 22.8 Å². The highest BCUT2D eigenvalue weighted by molar-refractivity contribution is 5.82. The van der Waals surface area contributed by atoms with Crippen LogP contribution in [0.4, 0.5) is 5.82 Å². The van der Waals surface area contributed by atoms with E-state index in [2.05, 4.69) is 41.0 Å². The molecule has 2 heterocycles. The van der Waals surface area contributed by atoms with E-state index < -0.39 is 0 Å². The summed E-state index contributed by atoms with van der Waals surface area (Å²) in [4.78, 5) is 23.1. The van der Waals surface area contributed by atoms with Gasteiger partial charge in [0.05, 0.1) is 6.04 Å². The maximum absolute atomic E-state index is 11.9. The van der Waals surface area contributed by atoms with Gasteiger partial charge in [0.1, 0.15) is 11.6 Å². The van der Waals surface area contributed by atoms with Gasteiger partial charge in [-0.1, -0.05) is 41.5 Å². The minimum absolute atomic E-state index is 0.0548. The Hall–Kier alpha value is -1.65. The first-order valence-corrected chi connectivity index (χ1v) is 7.47. The number of hydrogen-bond acceptors (Lipinski definition) is 4. The first kappa shape index (κ1) is 15.7. The first-order valence-electron chi connectivity index (χ1n) is 7.47. The van der Waals surface area contributed by atoms with Crippen LogP contribution in [0.15, 0.2) is 12.3 Å². The number of rotatable bonds is 2. The normalized spacial score (nSPS) is 16.6. The lowest BCUT2D eigenvalue weighted by atomic mass is 9.94. The Morgan fingerprint density at radius 3 is 2.38 bits per heavy atom. The van der Waals surface area contributed by atoms with Crippen molar-refractivity contribution in [2.75, 3.05) is 18.0 Å². The Labute approximate surface area is 127 Å². The highest BCUT2D eigenvalue weighted by Gasteiger charge is 2.32. The summed E-state index contributed by atoms with van der Waals surface area (Å²) in [6, 6.07) is 2.14. The Morgan fingerprint density at radius 2 is 1.86 bits per heavy atom. The second-order valence-electron chi connectivity index (χ2n) is 7.81. The molecule has 0 saturated carbocycles. The van der Waals surface area contributed by atoms with Gasteiger partial charge >= 0.3 is 0 Å². The van der Waals surface area contributed by atoms with Crippen molar-refractivity contribution in [2.24, 2.45) is 5.41 Å². The Bertz CT molecular complexity index is 522. The van der Waals surface area contributed by atoms with E-state index in [1.54, 1.807) is 0 Å². The second-order valence-corrected chi connectivity index (χ2v) is 7.81. The zero-order valence-electron chi connectivity index (χ0n) is 13.9. The highest BCUT2D eigenvalue weighted by Crippen LogP contribution is 2.23. The lowest BCUT2D eigenvalue weighted by molar-refractivity contribution is -0.129. The van der Waals surface area contributed by atoms with Crippen molar-refractivity contribution in [1.29, 1.82) is 0 Å². The number of nitrogens with zero attached hydrogens (tertiary/aromatic N) is 3. The van der Waals surface area contributed by atoms with Gasteiger partial charge in [0.15, 0.2) is 0 Å². The molecule has 1 amide bonds. The van der Waals surface area contributed by atoms with Gasteiger partial charge in [-0.05, 0) is 6.07 Å². The number of aromatic nitrogens is 2. The molecule has 1 saturated heterocycles. The molecule has 1 aromatic heterocycles. The largest absolute Gasteiger partial charge is 0.352 e. The van der Waals surface area contributed by atoms with Crippen LogP contribution in [0.3, 0.4) is 0 Å². The molecule has 0 spiro atoms. The van der Waals surface area contributed by atoms with Gasteiger partial charge in [-0.15, -0.1) is 0 Å². The monoisotopic (exact) mass is 290 g/mol. The molecule has 0 unspecified atom stereocenters. The van der Waals surface area contributed by atoms with Crippen LogP contribution in [0.25, 0.3) is 0 Å². The molecule has 0 atom stereocenters. The van der Waals surface area contributed by atoms with Crippen LogP contribution in [0, 0.1) is 5.41 Å². The fraction of sp³-hybridized carbons (Fsp3) is 0.688. The summed E-state index contributed by atoms with van der Waals surface area (Å²) in [7, 11) is 0. The molecule has 0 radical (unpaired) electrons. The molecule has 21 heavy (non-hydrogen) atoms. The third kappa shape index (κ3) is 3.71. The zero-order valence-corrected chi connectivity index (χ0v) is 13.9. The molecular formula is C16H26N4O. The van der Waals surface area contributed by atoms with E-state index in [0.29, 0.717) is 0 Å². The average Bonchev–Trinajstić information content (AvgIpc) is 2.30. The van der Waals surface area contributed by atoms with Gasteiger partial charge in [-0.3, -0.25) is 4.79 Å². The van der Waals surface area contributed by atoms with Crippen LogP contribution >= 0.6 is 0 Å². The summed E-state index contributed by atoms with van der Waals surface area (Å²) in [6.07, 6.45) is 1.81. The number of anilines is 1. The molecular weight excluding hydrogens is 264 g/mol. The maximum atomic E-state index is 11.9. The van der Waals surface area contributed by atoms with Crippen molar-refractivity contribution >= 4 is 11.7 Å². The van der Waals surface area contributed by atoms with E-state index in [9.17, 15) is 4.79 Å². The molecule has 5 nitrogen and oxygen atoms in total. The summed E-state index contributed by atoms with van der Waals surface area (Å²) in [6.45, 7) is 13.7. The fourth-order valence-electron chi connectivity index (χ4n) is 2.05. The molecule has 0 aliphatic carbocycles. The van der Waals surface area contributed by atoms with Gasteiger partial charge in [-0.25, -0.2) is 9.97 Å². The number of hydrogen-bond donors (Lipinski definition) is 1. The number of carbonyl (C=O) groups is 1. The summed E-state index contributed by atoms with van der Waals surface area (Å²) in [5, 5.41) is 3.08. The van der Waals surface area contributed by atoms with Gasteiger partial charge in [0.25, 0.3) is 0 Å². The summed E-state index contributed by atoms with van der Waals surface area (Å²) < 4.78 is 0. The number of carbonyl (C=O) groups excluding carboxylic acids is 1. The SMILES string of the molecule is CC(C)(C)C(=O)NC1CN(c2ccnc(C(C)(C)C)n2)C1. The first-order chi connectivity index (χ1) is 9.57. The van der Waals surface area contributed by atoms with E-state index in [0.717, 1.165) is 24.7 Å². The van der Waals surface area contributed by atoms with E-state index in [4.69, 9.17) is 0 Å². The highest BCUT2D eigenvalue weighted by atomic mass is 16.2. The Morgan fingerprint density at radius 1 is 1.24 bits per heavy atom. The number of nitrogens with one attached hydrogen (secondary N) is 1. The molecule has 1 aromatic rings. The number of amides is 1. The summed E-state index contributed by atoms with van der Waals surface area (Å²) >= 11 is 0. The molecule has 0 aromatic carbocycles. The lowest BCUT2D eigenvalue weighted by Crippen LogP contribution is -2.61. The predicted molar refractivity (Wildman–Crippen MR) is 84.3 cm³/mol. The van der Waals surface area contributed by atoms with Crippen LogP contribution in [-0.2, 0) is 10.2 Å². The third-order valence-corrected chi connectivity index (χ3v) is 3.53. The zero-order chi connectivity index (χ0) is 15.8. The quantitative estimate of drug-likeness (QED) is 0.906. The van der Waals surface area contributed by atoms with Gasteiger partial charge < -0.3 is 10.2 Å². The van der Waals surface area contributed by atoms with E-state index in [1.165, 1.54) is 0 Å². The predicted octanol–water partition coefficient (Wildman–Crippen LogP) is 2.12. The minimum atomic E-state index is -0.339. The van der Waals surface area contributed by atoms with Crippen molar-refractivity contribution in [2.45, 2.75) is 53.0 Å². The van der Waals surface area contributed by atoms with Gasteiger partial charge in [0, 0.05) is 30.1 Å². The molecule has 1 aliphatic rings. The fourth-order valence-corrected chi connectivity index (χ4v) is 2.05. The standard InChI is InChI=1S/C16H26N4O/c1-15(2,3)13-17-8-7-12(19-13)20-9-11(10-20)18-14(21)16(4,5)6/h7-8,11H,9-10H2,1-6H3,(H,18,21). The summed E-state index contributed by atoms with van der Waals surface area (Å²) in [5.74, 6) is 1.89. The third-order valence-electron chi connectivity index (χ3n) is 3.53. The Balaban J connectivity index is 1.95. The molecule has 116 valence electrons. The second kappa shape index (κ2) is 5.28. The van der Waals surface area contributed by atoms with E-state index in [1.807, 2.05) is 33.0 Å². The molecule has 5 heteroatoms. The van der Waals surface area contributed by atoms with Crippen molar-refractivity contribution < 1.29 is 4.79 Å². The Kier molecular flexibility index (Phi) is 3.95. The molecule has 1 fully saturated rings. The average molecular weight is 290 g/mol. The summed E-state index contributed by atoms with van der Waals surface area (Å²) in [5.41, 5.74) is -0.393.